The number of hydrogen-bond donors (Lipinski definition) is 1. The normalized spacial score (nSPS) is 11.6. The van der Waals surface area contributed by atoms with Gasteiger partial charge in [0.1, 0.15) is 0 Å². The Kier molecular flexibility index (Phi) is 4.07. The Morgan fingerprint density at radius 1 is 1.28 bits per heavy atom. The van der Waals surface area contributed by atoms with Gasteiger partial charge in [0.05, 0.1) is 0 Å². The van der Waals surface area contributed by atoms with E-state index in [0.717, 1.165) is 25.9 Å². The molecular formula is C16H24N2. The molecule has 0 amide bonds. The second-order valence-electron chi connectivity index (χ2n) is 5.26. The van der Waals surface area contributed by atoms with E-state index >= 15 is 0 Å². The molecule has 0 spiro atoms. The predicted octanol–water partition coefficient (Wildman–Crippen LogP) is 3.68. The van der Waals surface area contributed by atoms with E-state index in [9.17, 15) is 0 Å². The first-order valence-electron chi connectivity index (χ1n) is 6.99. The first-order chi connectivity index (χ1) is 8.67. The number of fused-ring (bicyclic) bond motifs is 1. The fraction of sp³-hybridized carbons (Fsp3) is 0.500. The van der Waals surface area contributed by atoms with Crippen LogP contribution in [0.3, 0.4) is 0 Å². The standard InChI is InChI=1S/C16H24N2/c1-4-18-11-14(6-5-9-17)15-10-13(12(2)3)7-8-16(15)18/h7-8,10-12H,4-6,9,17H2,1-3H3. The summed E-state index contributed by atoms with van der Waals surface area (Å²) in [4.78, 5) is 0. The number of hydrogen-bond acceptors (Lipinski definition) is 1. The quantitative estimate of drug-likeness (QED) is 0.854. The zero-order valence-corrected chi connectivity index (χ0v) is 11.7. The van der Waals surface area contributed by atoms with E-state index in [0.29, 0.717) is 5.92 Å². The van der Waals surface area contributed by atoms with Crippen molar-refractivity contribution in [3.63, 3.8) is 0 Å². The lowest BCUT2D eigenvalue weighted by Crippen LogP contribution is -2.00. The molecule has 2 rings (SSSR count). The van der Waals surface area contributed by atoms with Gasteiger partial charge in [0.15, 0.2) is 0 Å². The number of nitrogens with zero attached hydrogens (tertiary/aromatic N) is 1. The highest BCUT2D eigenvalue weighted by Gasteiger charge is 2.09. The van der Waals surface area contributed by atoms with E-state index in [2.05, 4.69) is 49.7 Å². The Labute approximate surface area is 110 Å². The fourth-order valence-corrected chi connectivity index (χ4v) is 2.50. The molecule has 0 atom stereocenters. The van der Waals surface area contributed by atoms with Gasteiger partial charge >= 0.3 is 0 Å². The van der Waals surface area contributed by atoms with Crippen molar-refractivity contribution in [2.24, 2.45) is 5.73 Å². The highest BCUT2D eigenvalue weighted by atomic mass is 14.9. The molecule has 0 saturated heterocycles. The molecule has 0 unspecified atom stereocenters. The molecule has 0 saturated carbocycles. The summed E-state index contributed by atoms with van der Waals surface area (Å²) < 4.78 is 2.34. The van der Waals surface area contributed by atoms with Gasteiger partial charge in [-0.25, -0.2) is 0 Å². The molecule has 2 heteroatoms. The summed E-state index contributed by atoms with van der Waals surface area (Å²) in [5, 5.41) is 1.41. The maximum Gasteiger partial charge on any atom is 0.0483 e. The third-order valence-corrected chi connectivity index (χ3v) is 3.65. The summed E-state index contributed by atoms with van der Waals surface area (Å²) in [6.07, 6.45) is 4.45. The fourth-order valence-electron chi connectivity index (χ4n) is 2.50. The molecule has 0 aliphatic heterocycles. The second kappa shape index (κ2) is 5.57. The molecule has 2 N–H and O–H groups in total. The molecule has 98 valence electrons. The molecule has 2 nitrogen and oxygen atoms in total. The Morgan fingerprint density at radius 3 is 2.67 bits per heavy atom. The Hall–Kier alpha value is -1.28. The molecule has 1 aromatic heterocycles. The molecule has 2 aromatic rings. The topological polar surface area (TPSA) is 30.9 Å². The largest absolute Gasteiger partial charge is 0.347 e. The highest BCUT2D eigenvalue weighted by molar-refractivity contribution is 5.85. The van der Waals surface area contributed by atoms with Gasteiger partial charge in [-0.3, -0.25) is 0 Å². The highest BCUT2D eigenvalue weighted by Crippen LogP contribution is 2.26. The van der Waals surface area contributed by atoms with Crippen molar-refractivity contribution in [2.45, 2.75) is 46.1 Å². The van der Waals surface area contributed by atoms with Crippen molar-refractivity contribution in [2.75, 3.05) is 6.54 Å². The van der Waals surface area contributed by atoms with Gasteiger partial charge in [0.2, 0.25) is 0 Å². The third-order valence-electron chi connectivity index (χ3n) is 3.65. The number of rotatable bonds is 5. The SMILES string of the molecule is CCn1cc(CCCN)c2cc(C(C)C)ccc21. The predicted molar refractivity (Wildman–Crippen MR) is 79.1 cm³/mol. The van der Waals surface area contributed by atoms with Crippen LogP contribution in [0.5, 0.6) is 0 Å². The Bertz CT molecular complexity index is 523. The van der Waals surface area contributed by atoms with Gasteiger partial charge in [0.25, 0.3) is 0 Å². The van der Waals surface area contributed by atoms with Crippen molar-refractivity contribution >= 4 is 10.9 Å². The lowest BCUT2D eigenvalue weighted by atomic mass is 9.99. The van der Waals surface area contributed by atoms with Crippen molar-refractivity contribution < 1.29 is 0 Å². The van der Waals surface area contributed by atoms with E-state index in [1.54, 1.807) is 0 Å². The van der Waals surface area contributed by atoms with Gasteiger partial charge in [0, 0.05) is 23.6 Å². The molecule has 0 radical (unpaired) electrons. The van der Waals surface area contributed by atoms with Crippen molar-refractivity contribution in [3.8, 4) is 0 Å². The maximum absolute atomic E-state index is 5.63. The monoisotopic (exact) mass is 244 g/mol. The van der Waals surface area contributed by atoms with Crippen molar-refractivity contribution in [1.82, 2.24) is 4.57 Å². The van der Waals surface area contributed by atoms with Crippen LogP contribution in [0.2, 0.25) is 0 Å². The van der Waals surface area contributed by atoms with Crippen LogP contribution >= 0.6 is 0 Å². The van der Waals surface area contributed by atoms with Crippen LogP contribution in [0.1, 0.15) is 44.2 Å². The smallest absolute Gasteiger partial charge is 0.0483 e. The summed E-state index contributed by atoms with van der Waals surface area (Å²) in [6.45, 7) is 8.49. The lowest BCUT2D eigenvalue weighted by molar-refractivity contribution is 0.781. The number of nitrogens with two attached hydrogens (primary N) is 1. The molecule has 0 bridgehead atoms. The molecular weight excluding hydrogens is 220 g/mol. The average Bonchev–Trinajstić information content (AvgIpc) is 2.73. The number of benzene rings is 1. The van der Waals surface area contributed by atoms with Gasteiger partial charge in [-0.1, -0.05) is 19.9 Å². The molecule has 0 aliphatic rings. The van der Waals surface area contributed by atoms with Crippen LogP contribution < -0.4 is 5.73 Å². The minimum absolute atomic E-state index is 0.585. The molecule has 0 aliphatic carbocycles. The van der Waals surface area contributed by atoms with E-state index in [1.807, 2.05) is 0 Å². The van der Waals surface area contributed by atoms with E-state index in [4.69, 9.17) is 5.73 Å². The van der Waals surface area contributed by atoms with Gasteiger partial charge < -0.3 is 10.3 Å². The van der Waals surface area contributed by atoms with E-state index < -0.39 is 0 Å². The minimum Gasteiger partial charge on any atom is -0.347 e. The lowest BCUT2D eigenvalue weighted by Gasteiger charge is -2.07. The summed E-state index contributed by atoms with van der Waals surface area (Å²) in [5.41, 5.74) is 9.85. The van der Waals surface area contributed by atoms with Crippen LogP contribution in [0.25, 0.3) is 10.9 Å². The Morgan fingerprint density at radius 2 is 2.06 bits per heavy atom. The zero-order valence-electron chi connectivity index (χ0n) is 11.7. The first-order valence-corrected chi connectivity index (χ1v) is 6.99. The second-order valence-corrected chi connectivity index (χ2v) is 5.26. The average molecular weight is 244 g/mol. The van der Waals surface area contributed by atoms with Gasteiger partial charge in [-0.05, 0) is 55.5 Å². The number of aromatic nitrogens is 1. The minimum atomic E-state index is 0.585. The molecule has 18 heavy (non-hydrogen) atoms. The summed E-state index contributed by atoms with van der Waals surface area (Å²) in [6, 6.07) is 6.88. The molecule has 1 aromatic carbocycles. The van der Waals surface area contributed by atoms with Crippen LogP contribution in [0, 0.1) is 0 Å². The van der Waals surface area contributed by atoms with Crippen LogP contribution in [0.15, 0.2) is 24.4 Å². The van der Waals surface area contributed by atoms with E-state index in [-0.39, 0.29) is 0 Å². The van der Waals surface area contributed by atoms with Crippen LogP contribution in [-0.2, 0) is 13.0 Å². The Balaban J connectivity index is 2.51. The third kappa shape index (κ3) is 2.44. The van der Waals surface area contributed by atoms with Gasteiger partial charge in [-0.15, -0.1) is 0 Å². The van der Waals surface area contributed by atoms with Crippen molar-refractivity contribution in [1.29, 1.82) is 0 Å². The number of aryl methyl sites for hydroxylation is 2. The van der Waals surface area contributed by atoms with Crippen LogP contribution in [0.4, 0.5) is 0 Å². The van der Waals surface area contributed by atoms with E-state index in [1.165, 1.54) is 22.0 Å². The summed E-state index contributed by atoms with van der Waals surface area (Å²) in [7, 11) is 0. The summed E-state index contributed by atoms with van der Waals surface area (Å²) in [5.74, 6) is 0.585. The zero-order chi connectivity index (χ0) is 13.1. The summed E-state index contributed by atoms with van der Waals surface area (Å²) >= 11 is 0. The molecule has 0 fully saturated rings. The van der Waals surface area contributed by atoms with Gasteiger partial charge in [-0.2, -0.15) is 0 Å². The molecule has 1 heterocycles. The maximum atomic E-state index is 5.63. The van der Waals surface area contributed by atoms with Crippen molar-refractivity contribution in [3.05, 3.63) is 35.5 Å². The van der Waals surface area contributed by atoms with Crippen LogP contribution in [-0.4, -0.2) is 11.1 Å². The first kappa shape index (κ1) is 13.2.